The summed E-state index contributed by atoms with van der Waals surface area (Å²) in [5.41, 5.74) is 23.4. The number of hydrogen-bond acceptors (Lipinski definition) is 1. The largest absolute Gasteiger partial charge is 0.376 e. The molecule has 1 aromatic heterocycles. The Morgan fingerprint density at radius 3 is 1.96 bits per heavy atom. The molecule has 0 N–H and O–H groups in total. The van der Waals surface area contributed by atoms with Gasteiger partial charge in [0.1, 0.15) is 0 Å². The molecule has 56 heavy (non-hydrogen) atoms. The van der Waals surface area contributed by atoms with Crippen LogP contribution in [0.4, 0.5) is 11.4 Å². The first-order valence-corrected chi connectivity index (χ1v) is 20.7. The van der Waals surface area contributed by atoms with Gasteiger partial charge in [-0.15, -0.1) is 0 Å². The summed E-state index contributed by atoms with van der Waals surface area (Å²) in [4.78, 5) is 2.70. The van der Waals surface area contributed by atoms with E-state index in [0.29, 0.717) is 0 Å². The molecule has 0 unspecified atom stereocenters. The average molecular weight is 723 g/mol. The standard InChI is InChI=1S/C53H47BN2/c1-30-17-20-32(21-18-30)56-43-24-22-38-46(35-15-11-12-16-37(35)53(38,7)8)48(43)47-34-14-10-9-13-33(34)45-36-28-39-40(52(5,6)26-25-51(39,3)4)29-44(36)55-42-23-19-31(2)27-41(42)54(56)49(47)50(45)55/h9-24,27-29H,25-26H2,1-8H3. The maximum atomic E-state index is 2.70. The fourth-order valence-electron chi connectivity index (χ4n) is 11.7. The van der Waals surface area contributed by atoms with Crippen LogP contribution in [-0.4, -0.2) is 11.4 Å². The smallest absolute Gasteiger partial charge is 0.333 e. The Morgan fingerprint density at radius 2 is 1.20 bits per heavy atom. The van der Waals surface area contributed by atoms with Gasteiger partial charge < -0.3 is 9.38 Å². The van der Waals surface area contributed by atoms with Crippen molar-refractivity contribution in [2.45, 2.75) is 84.5 Å². The Morgan fingerprint density at radius 1 is 0.536 bits per heavy atom. The molecule has 0 amide bonds. The lowest BCUT2D eigenvalue weighted by Gasteiger charge is -2.43. The van der Waals surface area contributed by atoms with Crippen LogP contribution in [0, 0.1) is 13.8 Å². The van der Waals surface area contributed by atoms with Crippen molar-refractivity contribution in [3.63, 3.8) is 0 Å². The molecule has 8 aromatic rings. The predicted octanol–water partition coefficient (Wildman–Crippen LogP) is 12.4. The van der Waals surface area contributed by atoms with Crippen LogP contribution in [0.1, 0.15) is 87.8 Å². The molecule has 2 aliphatic carbocycles. The van der Waals surface area contributed by atoms with Gasteiger partial charge in [0, 0.05) is 38.8 Å². The maximum absolute atomic E-state index is 2.70. The molecule has 7 aromatic carbocycles. The zero-order chi connectivity index (χ0) is 38.2. The minimum atomic E-state index is -0.110. The molecule has 0 spiro atoms. The Labute approximate surface area is 330 Å². The topological polar surface area (TPSA) is 8.17 Å². The van der Waals surface area contributed by atoms with Crippen molar-refractivity contribution in [1.82, 2.24) is 4.57 Å². The zero-order valence-electron chi connectivity index (χ0n) is 33.9. The fraction of sp³-hybridized carbons (Fsp3) is 0.245. The molecule has 0 bridgehead atoms. The number of anilines is 2. The first-order chi connectivity index (χ1) is 26.9. The third-order valence-corrected chi connectivity index (χ3v) is 14.7. The van der Waals surface area contributed by atoms with Crippen LogP contribution in [0.2, 0.25) is 0 Å². The summed E-state index contributed by atoms with van der Waals surface area (Å²) >= 11 is 0. The highest BCUT2D eigenvalue weighted by atomic mass is 15.1. The lowest BCUT2D eigenvalue weighted by molar-refractivity contribution is 0.332. The molecule has 2 nitrogen and oxygen atoms in total. The number of aryl methyl sites for hydroxylation is 2. The van der Waals surface area contributed by atoms with E-state index in [9.17, 15) is 0 Å². The minimum Gasteiger partial charge on any atom is -0.376 e. The van der Waals surface area contributed by atoms with Gasteiger partial charge in [-0.05, 0) is 135 Å². The number of fused-ring (bicyclic) bond motifs is 16. The quantitative estimate of drug-likeness (QED) is 0.153. The van der Waals surface area contributed by atoms with Gasteiger partial charge in [-0.3, -0.25) is 0 Å². The first-order valence-electron chi connectivity index (χ1n) is 20.7. The van der Waals surface area contributed by atoms with E-state index in [0.717, 1.165) is 0 Å². The van der Waals surface area contributed by atoms with Crippen molar-refractivity contribution in [2.24, 2.45) is 0 Å². The third kappa shape index (κ3) is 3.89. The van der Waals surface area contributed by atoms with Gasteiger partial charge in [0.15, 0.2) is 0 Å². The van der Waals surface area contributed by atoms with E-state index >= 15 is 0 Å². The third-order valence-electron chi connectivity index (χ3n) is 14.7. The van der Waals surface area contributed by atoms with Crippen molar-refractivity contribution >= 4 is 61.7 Å². The van der Waals surface area contributed by atoms with Crippen LogP contribution in [0.25, 0.3) is 60.5 Å². The molecule has 0 saturated carbocycles. The molecule has 2 aliphatic heterocycles. The van der Waals surface area contributed by atoms with Crippen LogP contribution >= 0.6 is 0 Å². The van der Waals surface area contributed by atoms with E-state index < -0.39 is 0 Å². The molecular formula is C53H47BN2. The number of aromatic nitrogens is 1. The minimum absolute atomic E-state index is 0.00996. The Bertz CT molecular complexity index is 3080. The molecule has 0 fully saturated rings. The molecule has 12 rings (SSSR count). The monoisotopic (exact) mass is 722 g/mol. The Balaban J connectivity index is 1.35. The highest BCUT2D eigenvalue weighted by Gasteiger charge is 2.48. The highest BCUT2D eigenvalue weighted by Crippen LogP contribution is 2.58. The van der Waals surface area contributed by atoms with Crippen LogP contribution in [0.15, 0.2) is 115 Å². The van der Waals surface area contributed by atoms with Crippen molar-refractivity contribution < 1.29 is 0 Å². The Kier molecular flexibility index (Phi) is 6.10. The lowest BCUT2D eigenvalue weighted by atomic mass is 9.43. The van der Waals surface area contributed by atoms with Crippen molar-refractivity contribution in [2.75, 3.05) is 4.81 Å². The summed E-state index contributed by atoms with van der Waals surface area (Å²) in [6.45, 7) is 19.2. The molecule has 3 heteroatoms. The van der Waals surface area contributed by atoms with E-state index in [2.05, 4.69) is 180 Å². The number of nitrogens with zero attached hydrogens (tertiary/aromatic N) is 2. The summed E-state index contributed by atoms with van der Waals surface area (Å²) in [5.74, 6) is 0. The second-order valence-corrected chi connectivity index (χ2v) is 19.3. The van der Waals surface area contributed by atoms with Crippen LogP contribution < -0.4 is 15.7 Å². The number of benzene rings is 7. The highest BCUT2D eigenvalue weighted by molar-refractivity contribution is 6.94. The van der Waals surface area contributed by atoms with Crippen molar-refractivity contribution in [3.05, 3.63) is 149 Å². The summed E-state index contributed by atoms with van der Waals surface area (Å²) < 4.78 is 2.69. The van der Waals surface area contributed by atoms with Crippen LogP contribution in [0.3, 0.4) is 0 Å². The molecule has 0 saturated heterocycles. The maximum Gasteiger partial charge on any atom is 0.333 e. The van der Waals surface area contributed by atoms with E-state index in [1.54, 1.807) is 0 Å². The lowest BCUT2D eigenvalue weighted by Crippen LogP contribution is -2.60. The summed E-state index contributed by atoms with van der Waals surface area (Å²) in [6.07, 6.45) is 2.39. The molecule has 0 radical (unpaired) electrons. The van der Waals surface area contributed by atoms with Crippen molar-refractivity contribution in [3.8, 4) is 27.9 Å². The zero-order valence-corrected chi connectivity index (χ0v) is 33.9. The van der Waals surface area contributed by atoms with E-state index in [1.165, 1.54) is 129 Å². The molecule has 0 atom stereocenters. The molecule has 4 aliphatic rings. The molecule has 3 heterocycles. The first kappa shape index (κ1) is 32.7. The van der Waals surface area contributed by atoms with Gasteiger partial charge in [-0.1, -0.05) is 132 Å². The van der Waals surface area contributed by atoms with Gasteiger partial charge in [0.25, 0.3) is 0 Å². The van der Waals surface area contributed by atoms with Gasteiger partial charge >= 0.3 is 6.85 Å². The summed E-state index contributed by atoms with van der Waals surface area (Å²) in [7, 11) is 0. The SMILES string of the molecule is Cc1ccc(N2B3c4cc(C)ccc4-n4c5cc6c(cc5c5c7ccccc7c(c3c54)-c3c2ccc2c3-c3ccccc3C2(C)C)C(C)(C)CCC6(C)C)cc1. The average Bonchev–Trinajstić information content (AvgIpc) is 3.65. The predicted molar refractivity (Wildman–Crippen MR) is 240 cm³/mol. The summed E-state index contributed by atoms with van der Waals surface area (Å²) in [6, 6.07) is 45.2. The molecular weight excluding hydrogens is 675 g/mol. The normalized spacial score (nSPS) is 17.5. The second kappa shape index (κ2) is 10.4. The van der Waals surface area contributed by atoms with E-state index in [-0.39, 0.29) is 23.1 Å². The molecule has 272 valence electrons. The second-order valence-electron chi connectivity index (χ2n) is 19.3. The summed E-state index contributed by atoms with van der Waals surface area (Å²) in [5, 5.41) is 5.49. The van der Waals surface area contributed by atoms with Crippen LogP contribution in [-0.2, 0) is 16.2 Å². The Hall–Kier alpha value is -5.54. The van der Waals surface area contributed by atoms with Gasteiger partial charge in [0.05, 0.1) is 11.0 Å². The van der Waals surface area contributed by atoms with E-state index in [1.807, 2.05) is 0 Å². The van der Waals surface area contributed by atoms with Gasteiger partial charge in [0.2, 0.25) is 0 Å². The van der Waals surface area contributed by atoms with Gasteiger partial charge in [-0.25, -0.2) is 0 Å². The van der Waals surface area contributed by atoms with Crippen molar-refractivity contribution in [1.29, 1.82) is 0 Å². The van der Waals surface area contributed by atoms with E-state index in [4.69, 9.17) is 0 Å². The van der Waals surface area contributed by atoms with Gasteiger partial charge in [-0.2, -0.15) is 0 Å². The fourth-order valence-corrected chi connectivity index (χ4v) is 11.7. The number of hydrogen-bond donors (Lipinski definition) is 0. The van der Waals surface area contributed by atoms with Crippen LogP contribution in [0.5, 0.6) is 0 Å². The number of rotatable bonds is 1.